The standard InChI is InChI=1S/C15H23BrN2O/c1-10(2)11(3)18-15(19)9-17-12(4)13-7-5-6-8-14(13)16/h5-8,10-12,17H,9H2,1-4H3,(H,18,19)/t11?,12-/m0/s1. The number of rotatable bonds is 6. The molecule has 0 aliphatic carbocycles. The second-order valence-electron chi connectivity index (χ2n) is 5.22. The molecule has 106 valence electrons. The summed E-state index contributed by atoms with van der Waals surface area (Å²) in [6.07, 6.45) is 0. The lowest BCUT2D eigenvalue weighted by Gasteiger charge is -2.19. The summed E-state index contributed by atoms with van der Waals surface area (Å²) >= 11 is 3.52. The largest absolute Gasteiger partial charge is 0.352 e. The molecule has 4 heteroatoms. The van der Waals surface area contributed by atoms with E-state index in [0.717, 1.165) is 10.0 Å². The maximum Gasteiger partial charge on any atom is 0.234 e. The third-order valence-corrected chi connectivity index (χ3v) is 4.05. The summed E-state index contributed by atoms with van der Waals surface area (Å²) in [5.41, 5.74) is 1.16. The molecule has 2 N–H and O–H groups in total. The Balaban J connectivity index is 2.44. The monoisotopic (exact) mass is 326 g/mol. The van der Waals surface area contributed by atoms with E-state index in [2.05, 4.69) is 53.4 Å². The highest BCUT2D eigenvalue weighted by Gasteiger charge is 2.13. The van der Waals surface area contributed by atoms with Crippen molar-refractivity contribution in [2.24, 2.45) is 5.92 Å². The van der Waals surface area contributed by atoms with E-state index in [4.69, 9.17) is 0 Å². The first-order chi connectivity index (χ1) is 8.91. The minimum Gasteiger partial charge on any atom is -0.352 e. The first-order valence-corrected chi connectivity index (χ1v) is 7.48. The van der Waals surface area contributed by atoms with Gasteiger partial charge in [-0.2, -0.15) is 0 Å². The number of carbonyl (C=O) groups is 1. The highest BCUT2D eigenvalue weighted by Crippen LogP contribution is 2.22. The molecule has 0 bridgehead atoms. The first kappa shape index (κ1) is 16.2. The van der Waals surface area contributed by atoms with E-state index in [1.165, 1.54) is 0 Å². The second-order valence-corrected chi connectivity index (χ2v) is 6.08. The van der Waals surface area contributed by atoms with Crippen LogP contribution < -0.4 is 10.6 Å². The fourth-order valence-electron chi connectivity index (χ4n) is 1.65. The van der Waals surface area contributed by atoms with Gasteiger partial charge in [-0.05, 0) is 31.4 Å². The summed E-state index contributed by atoms with van der Waals surface area (Å²) in [4.78, 5) is 11.8. The smallest absolute Gasteiger partial charge is 0.234 e. The van der Waals surface area contributed by atoms with Crippen molar-refractivity contribution in [3.05, 3.63) is 34.3 Å². The van der Waals surface area contributed by atoms with Gasteiger partial charge in [0.25, 0.3) is 0 Å². The molecule has 0 fully saturated rings. The Hall–Kier alpha value is -0.870. The van der Waals surface area contributed by atoms with Gasteiger partial charge in [-0.15, -0.1) is 0 Å². The molecule has 1 unspecified atom stereocenters. The van der Waals surface area contributed by atoms with Crippen molar-refractivity contribution in [2.75, 3.05) is 6.54 Å². The van der Waals surface area contributed by atoms with Gasteiger partial charge >= 0.3 is 0 Å². The second kappa shape index (κ2) is 7.65. The lowest BCUT2D eigenvalue weighted by atomic mass is 10.1. The quantitative estimate of drug-likeness (QED) is 0.842. The van der Waals surface area contributed by atoms with Crippen molar-refractivity contribution < 1.29 is 4.79 Å². The maximum atomic E-state index is 11.8. The van der Waals surface area contributed by atoms with Gasteiger partial charge in [0, 0.05) is 16.6 Å². The van der Waals surface area contributed by atoms with Gasteiger partial charge in [0.05, 0.1) is 6.54 Å². The third-order valence-electron chi connectivity index (χ3n) is 3.33. The zero-order chi connectivity index (χ0) is 14.4. The van der Waals surface area contributed by atoms with Crippen LogP contribution in [-0.4, -0.2) is 18.5 Å². The molecule has 1 aromatic rings. The van der Waals surface area contributed by atoms with Crippen LogP contribution in [0.15, 0.2) is 28.7 Å². The van der Waals surface area contributed by atoms with Crippen molar-refractivity contribution >= 4 is 21.8 Å². The summed E-state index contributed by atoms with van der Waals surface area (Å²) in [5, 5.41) is 6.23. The Kier molecular flexibility index (Phi) is 6.52. The Bertz CT molecular complexity index is 420. The van der Waals surface area contributed by atoms with E-state index in [9.17, 15) is 4.79 Å². The summed E-state index contributed by atoms with van der Waals surface area (Å²) in [7, 11) is 0. The molecule has 0 radical (unpaired) electrons. The van der Waals surface area contributed by atoms with Crippen molar-refractivity contribution in [3.8, 4) is 0 Å². The lowest BCUT2D eigenvalue weighted by Crippen LogP contribution is -2.41. The van der Waals surface area contributed by atoms with E-state index in [1.807, 2.05) is 25.1 Å². The number of hydrogen-bond donors (Lipinski definition) is 2. The number of halogens is 1. The Morgan fingerprint density at radius 3 is 2.42 bits per heavy atom. The molecule has 1 aromatic carbocycles. The molecule has 0 spiro atoms. The molecule has 2 atom stereocenters. The molecule has 1 amide bonds. The van der Waals surface area contributed by atoms with Crippen LogP contribution in [0.25, 0.3) is 0 Å². The van der Waals surface area contributed by atoms with Crippen LogP contribution in [0.1, 0.15) is 39.3 Å². The van der Waals surface area contributed by atoms with Crippen molar-refractivity contribution in [2.45, 2.75) is 39.8 Å². The average molecular weight is 327 g/mol. The summed E-state index contributed by atoms with van der Waals surface area (Å²) in [6, 6.07) is 8.38. The Labute approximate surface area is 124 Å². The first-order valence-electron chi connectivity index (χ1n) is 6.69. The third kappa shape index (κ3) is 5.33. The number of benzene rings is 1. The number of amides is 1. The Morgan fingerprint density at radius 1 is 1.21 bits per heavy atom. The summed E-state index contributed by atoms with van der Waals surface area (Å²) in [6.45, 7) is 8.61. The fourth-order valence-corrected chi connectivity index (χ4v) is 2.28. The molecule has 0 aliphatic heterocycles. The minimum atomic E-state index is 0.0418. The highest BCUT2D eigenvalue weighted by molar-refractivity contribution is 9.10. The predicted octanol–water partition coefficient (Wildman–Crippen LogP) is 3.26. The van der Waals surface area contributed by atoms with E-state index >= 15 is 0 Å². The maximum absolute atomic E-state index is 11.8. The average Bonchev–Trinajstić information content (AvgIpc) is 2.36. The van der Waals surface area contributed by atoms with Gasteiger partial charge in [-0.1, -0.05) is 48.0 Å². The topological polar surface area (TPSA) is 41.1 Å². The minimum absolute atomic E-state index is 0.0418. The van der Waals surface area contributed by atoms with E-state index in [1.54, 1.807) is 0 Å². The van der Waals surface area contributed by atoms with Gasteiger partial charge in [0.15, 0.2) is 0 Å². The fraction of sp³-hybridized carbons (Fsp3) is 0.533. The molecule has 3 nitrogen and oxygen atoms in total. The number of hydrogen-bond acceptors (Lipinski definition) is 2. The van der Waals surface area contributed by atoms with Gasteiger partial charge < -0.3 is 10.6 Å². The Morgan fingerprint density at radius 2 is 1.84 bits per heavy atom. The molecule has 0 saturated carbocycles. The molecule has 0 saturated heterocycles. The summed E-state index contributed by atoms with van der Waals surface area (Å²) in [5.74, 6) is 0.491. The van der Waals surface area contributed by atoms with E-state index in [0.29, 0.717) is 12.5 Å². The molecular weight excluding hydrogens is 304 g/mol. The van der Waals surface area contributed by atoms with Crippen LogP contribution in [0.2, 0.25) is 0 Å². The van der Waals surface area contributed by atoms with Crippen LogP contribution >= 0.6 is 15.9 Å². The number of nitrogens with one attached hydrogen (secondary N) is 2. The number of carbonyl (C=O) groups excluding carboxylic acids is 1. The van der Waals surface area contributed by atoms with Gasteiger partial charge in [0.2, 0.25) is 5.91 Å². The van der Waals surface area contributed by atoms with Gasteiger partial charge in [-0.25, -0.2) is 0 Å². The molecule has 19 heavy (non-hydrogen) atoms. The van der Waals surface area contributed by atoms with Crippen molar-refractivity contribution in [1.29, 1.82) is 0 Å². The zero-order valence-electron chi connectivity index (χ0n) is 12.0. The van der Waals surface area contributed by atoms with E-state index < -0.39 is 0 Å². The molecule has 0 heterocycles. The molecule has 0 aromatic heterocycles. The molecule has 1 rings (SSSR count). The highest BCUT2D eigenvalue weighted by atomic mass is 79.9. The van der Waals surface area contributed by atoms with Crippen LogP contribution in [0.3, 0.4) is 0 Å². The lowest BCUT2D eigenvalue weighted by molar-refractivity contribution is -0.121. The van der Waals surface area contributed by atoms with Crippen LogP contribution in [0.4, 0.5) is 0 Å². The SMILES string of the molecule is CC(C)C(C)NC(=O)CN[C@@H](C)c1ccccc1Br. The normalized spacial score (nSPS) is 14.2. The van der Waals surface area contributed by atoms with Crippen LogP contribution in [-0.2, 0) is 4.79 Å². The summed E-state index contributed by atoms with van der Waals surface area (Å²) < 4.78 is 1.06. The van der Waals surface area contributed by atoms with Crippen LogP contribution in [0.5, 0.6) is 0 Å². The van der Waals surface area contributed by atoms with Crippen molar-refractivity contribution in [3.63, 3.8) is 0 Å². The van der Waals surface area contributed by atoms with Crippen molar-refractivity contribution in [1.82, 2.24) is 10.6 Å². The van der Waals surface area contributed by atoms with Gasteiger partial charge in [0.1, 0.15) is 0 Å². The van der Waals surface area contributed by atoms with E-state index in [-0.39, 0.29) is 18.0 Å². The van der Waals surface area contributed by atoms with Crippen LogP contribution in [0, 0.1) is 5.92 Å². The molecule has 0 aliphatic rings. The van der Waals surface area contributed by atoms with Gasteiger partial charge in [-0.3, -0.25) is 4.79 Å². The zero-order valence-corrected chi connectivity index (χ0v) is 13.6. The molecular formula is C15H23BrN2O. The predicted molar refractivity (Wildman–Crippen MR) is 83.0 cm³/mol.